The van der Waals surface area contributed by atoms with Gasteiger partial charge in [-0.2, -0.15) is 0 Å². The normalized spacial score (nSPS) is 12.0. The fraction of sp³-hybridized carbons (Fsp3) is 0.300. The Morgan fingerprint density at radius 1 is 1.07 bits per heavy atom. The van der Waals surface area contributed by atoms with Crippen LogP contribution in [0.25, 0.3) is 0 Å². The Balaban J connectivity index is 2.19. The number of benzene rings is 2. The molecular weight excluding hydrogens is 396 g/mol. The van der Waals surface area contributed by atoms with Crippen molar-refractivity contribution in [2.24, 2.45) is 0 Å². The van der Waals surface area contributed by atoms with E-state index in [4.69, 9.17) is 9.47 Å². The summed E-state index contributed by atoms with van der Waals surface area (Å²) < 4.78 is 35.7. The molecule has 0 aliphatic heterocycles. The van der Waals surface area contributed by atoms with Gasteiger partial charge in [0.05, 0.1) is 31.2 Å². The SMILES string of the molecule is CCOC(=O)c1ccc(NC(=O)C(C)N(c2ccc(OC)cc2)S(C)(=O)=O)cc1. The van der Waals surface area contributed by atoms with E-state index in [0.29, 0.717) is 22.7 Å². The number of hydrogen-bond donors (Lipinski definition) is 1. The second-order valence-corrected chi connectivity index (χ2v) is 8.08. The molecule has 9 heteroatoms. The fourth-order valence-electron chi connectivity index (χ4n) is 2.69. The summed E-state index contributed by atoms with van der Waals surface area (Å²) in [5.41, 5.74) is 1.13. The Bertz CT molecular complexity index is 955. The Kier molecular flexibility index (Phi) is 7.22. The van der Waals surface area contributed by atoms with Crippen molar-refractivity contribution in [3.05, 3.63) is 54.1 Å². The number of sulfonamides is 1. The van der Waals surface area contributed by atoms with Gasteiger partial charge in [0.15, 0.2) is 0 Å². The van der Waals surface area contributed by atoms with Crippen molar-refractivity contribution in [3.63, 3.8) is 0 Å². The largest absolute Gasteiger partial charge is 0.497 e. The first kappa shape index (κ1) is 22.2. The molecule has 0 saturated heterocycles. The van der Waals surface area contributed by atoms with E-state index in [1.54, 1.807) is 43.3 Å². The number of hydrogen-bond acceptors (Lipinski definition) is 6. The van der Waals surface area contributed by atoms with Crippen LogP contribution in [-0.2, 0) is 19.6 Å². The molecule has 1 N–H and O–H groups in total. The summed E-state index contributed by atoms with van der Waals surface area (Å²) in [5.74, 6) is -0.405. The maximum absolute atomic E-state index is 12.7. The summed E-state index contributed by atoms with van der Waals surface area (Å²) in [6.45, 7) is 3.47. The monoisotopic (exact) mass is 420 g/mol. The van der Waals surface area contributed by atoms with Crippen molar-refractivity contribution < 1.29 is 27.5 Å². The molecule has 1 amide bonds. The minimum absolute atomic E-state index is 0.265. The van der Waals surface area contributed by atoms with Gasteiger partial charge in [-0.3, -0.25) is 9.10 Å². The molecule has 0 aromatic heterocycles. The average Bonchev–Trinajstić information content (AvgIpc) is 2.68. The first-order valence-electron chi connectivity index (χ1n) is 8.89. The fourth-order valence-corrected chi connectivity index (χ4v) is 3.86. The molecule has 8 nitrogen and oxygen atoms in total. The highest BCUT2D eigenvalue weighted by atomic mass is 32.2. The minimum Gasteiger partial charge on any atom is -0.497 e. The Labute approximate surface area is 170 Å². The van der Waals surface area contributed by atoms with Crippen LogP contribution >= 0.6 is 0 Å². The number of nitrogens with one attached hydrogen (secondary N) is 1. The van der Waals surface area contributed by atoms with Gasteiger partial charge in [0.1, 0.15) is 11.8 Å². The number of nitrogens with zero attached hydrogens (tertiary/aromatic N) is 1. The van der Waals surface area contributed by atoms with E-state index in [1.807, 2.05) is 0 Å². The van der Waals surface area contributed by atoms with E-state index in [2.05, 4.69) is 5.32 Å². The summed E-state index contributed by atoms with van der Waals surface area (Å²) in [5, 5.41) is 2.66. The molecule has 0 fully saturated rings. The molecular formula is C20H24N2O6S. The van der Waals surface area contributed by atoms with Crippen molar-refractivity contribution in [2.75, 3.05) is 29.6 Å². The van der Waals surface area contributed by atoms with E-state index < -0.39 is 27.9 Å². The number of carbonyl (C=O) groups excluding carboxylic acids is 2. The molecule has 29 heavy (non-hydrogen) atoms. The third-order valence-corrected chi connectivity index (χ3v) is 5.32. The van der Waals surface area contributed by atoms with Crippen LogP contribution in [0.3, 0.4) is 0 Å². The lowest BCUT2D eigenvalue weighted by atomic mass is 10.2. The van der Waals surface area contributed by atoms with E-state index in [9.17, 15) is 18.0 Å². The summed E-state index contributed by atoms with van der Waals surface area (Å²) in [7, 11) is -2.22. The van der Waals surface area contributed by atoms with Crippen LogP contribution in [0.5, 0.6) is 5.75 Å². The van der Waals surface area contributed by atoms with Gasteiger partial charge in [0, 0.05) is 5.69 Å². The predicted molar refractivity (Wildman–Crippen MR) is 111 cm³/mol. The van der Waals surface area contributed by atoms with Gasteiger partial charge < -0.3 is 14.8 Å². The van der Waals surface area contributed by atoms with E-state index >= 15 is 0 Å². The summed E-state index contributed by atoms with van der Waals surface area (Å²) >= 11 is 0. The van der Waals surface area contributed by atoms with Crippen molar-refractivity contribution in [1.29, 1.82) is 0 Å². The highest BCUT2D eigenvalue weighted by molar-refractivity contribution is 7.92. The summed E-state index contributed by atoms with van der Waals surface area (Å²) in [4.78, 5) is 24.4. The lowest BCUT2D eigenvalue weighted by Gasteiger charge is -2.28. The van der Waals surface area contributed by atoms with Gasteiger partial charge in [-0.15, -0.1) is 0 Å². The van der Waals surface area contributed by atoms with Crippen molar-refractivity contribution in [1.82, 2.24) is 0 Å². The zero-order chi connectivity index (χ0) is 21.6. The number of rotatable bonds is 8. The van der Waals surface area contributed by atoms with Crippen LogP contribution in [0.1, 0.15) is 24.2 Å². The van der Waals surface area contributed by atoms with Crippen LogP contribution in [0.2, 0.25) is 0 Å². The third kappa shape index (κ3) is 5.71. The smallest absolute Gasteiger partial charge is 0.338 e. The average molecular weight is 420 g/mol. The predicted octanol–water partition coefficient (Wildman–Crippen LogP) is 2.67. The van der Waals surface area contributed by atoms with E-state index in [-0.39, 0.29) is 6.61 Å². The first-order valence-corrected chi connectivity index (χ1v) is 10.7. The number of carbonyl (C=O) groups is 2. The standard InChI is InChI=1S/C20H24N2O6S/c1-5-28-20(24)15-6-8-16(9-7-15)21-19(23)14(2)22(29(4,25)26)17-10-12-18(27-3)13-11-17/h6-14H,5H2,1-4H3,(H,21,23). The molecule has 0 bridgehead atoms. The van der Waals surface area contributed by atoms with E-state index in [0.717, 1.165) is 10.6 Å². The van der Waals surface area contributed by atoms with Gasteiger partial charge in [-0.1, -0.05) is 0 Å². The lowest BCUT2D eigenvalue weighted by molar-refractivity contribution is -0.116. The zero-order valence-electron chi connectivity index (χ0n) is 16.7. The molecule has 0 saturated carbocycles. The molecule has 0 aliphatic rings. The van der Waals surface area contributed by atoms with Crippen LogP contribution < -0.4 is 14.4 Å². The molecule has 156 valence electrons. The number of anilines is 2. The second kappa shape index (κ2) is 9.42. The second-order valence-electron chi connectivity index (χ2n) is 6.22. The zero-order valence-corrected chi connectivity index (χ0v) is 17.5. The van der Waals surface area contributed by atoms with Crippen LogP contribution in [0.15, 0.2) is 48.5 Å². The molecule has 0 radical (unpaired) electrons. The molecule has 2 aromatic carbocycles. The van der Waals surface area contributed by atoms with Crippen LogP contribution in [0, 0.1) is 0 Å². The quantitative estimate of drug-likeness (QED) is 0.659. The number of methoxy groups -OCH3 is 1. The van der Waals surface area contributed by atoms with Gasteiger partial charge in [-0.25, -0.2) is 13.2 Å². The molecule has 0 heterocycles. The molecule has 0 spiro atoms. The topological polar surface area (TPSA) is 102 Å². The van der Waals surface area contributed by atoms with Crippen molar-refractivity contribution in [3.8, 4) is 5.75 Å². The van der Waals surface area contributed by atoms with Gasteiger partial charge in [-0.05, 0) is 62.4 Å². The molecule has 1 unspecified atom stereocenters. The molecule has 1 atom stereocenters. The number of amides is 1. The highest BCUT2D eigenvalue weighted by Gasteiger charge is 2.29. The maximum Gasteiger partial charge on any atom is 0.338 e. The highest BCUT2D eigenvalue weighted by Crippen LogP contribution is 2.24. The van der Waals surface area contributed by atoms with Gasteiger partial charge in [0.2, 0.25) is 15.9 Å². The van der Waals surface area contributed by atoms with E-state index in [1.165, 1.54) is 26.2 Å². The summed E-state index contributed by atoms with van der Waals surface area (Å²) in [6, 6.07) is 11.5. The Hall–Kier alpha value is -3.07. The first-order chi connectivity index (χ1) is 13.7. The molecule has 2 rings (SSSR count). The minimum atomic E-state index is -3.73. The Morgan fingerprint density at radius 2 is 1.66 bits per heavy atom. The lowest BCUT2D eigenvalue weighted by Crippen LogP contribution is -2.45. The third-order valence-electron chi connectivity index (χ3n) is 4.08. The molecule has 0 aliphatic carbocycles. The van der Waals surface area contributed by atoms with Crippen LogP contribution in [0.4, 0.5) is 11.4 Å². The maximum atomic E-state index is 12.7. The van der Waals surface area contributed by atoms with Crippen molar-refractivity contribution >= 4 is 33.3 Å². The van der Waals surface area contributed by atoms with Crippen LogP contribution in [-0.4, -0.2) is 46.3 Å². The number of esters is 1. The number of ether oxygens (including phenoxy) is 2. The van der Waals surface area contributed by atoms with Gasteiger partial charge in [0.25, 0.3) is 0 Å². The van der Waals surface area contributed by atoms with Crippen molar-refractivity contribution in [2.45, 2.75) is 19.9 Å². The Morgan fingerprint density at radius 3 is 2.14 bits per heavy atom. The summed E-state index contributed by atoms with van der Waals surface area (Å²) in [6.07, 6.45) is 1.04. The molecule has 2 aromatic rings. The van der Waals surface area contributed by atoms with Gasteiger partial charge >= 0.3 is 5.97 Å².